The molecule has 0 amide bonds. The van der Waals surface area contributed by atoms with Gasteiger partial charge in [-0.25, -0.2) is 0 Å². The van der Waals surface area contributed by atoms with Crippen molar-refractivity contribution in [2.24, 2.45) is 7.05 Å². The average molecular weight is 333 g/mol. The lowest BCUT2D eigenvalue weighted by Crippen LogP contribution is -2.30. The van der Waals surface area contributed by atoms with Crippen molar-refractivity contribution in [2.45, 2.75) is 11.1 Å². The lowest BCUT2D eigenvalue weighted by atomic mass is 10.1. The van der Waals surface area contributed by atoms with E-state index >= 15 is 0 Å². The molecule has 0 aliphatic carbocycles. The SMILES string of the molecule is Cc1ccc(-c2c(S)sc(-c3ccc(Cl)cc3)[n+]2C)cc1. The van der Waals surface area contributed by atoms with Gasteiger partial charge in [-0.05, 0) is 43.3 Å². The predicted octanol–water partition coefficient (Wildman–Crippen LogP) is 5.16. The molecule has 0 atom stereocenters. The molecule has 21 heavy (non-hydrogen) atoms. The molecule has 3 aromatic rings. The van der Waals surface area contributed by atoms with Crippen LogP contribution in [0.2, 0.25) is 5.02 Å². The third-order valence-electron chi connectivity index (χ3n) is 3.45. The molecule has 1 heterocycles. The minimum Gasteiger partial charge on any atom is -0.183 e. The molecule has 0 fully saturated rings. The van der Waals surface area contributed by atoms with Gasteiger partial charge < -0.3 is 0 Å². The fourth-order valence-electron chi connectivity index (χ4n) is 2.33. The third kappa shape index (κ3) is 2.86. The van der Waals surface area contributed by atoms with Gasteiger partial charge >= 0.3 is 0 Å². The first kappa shape index (κ1) is 14.6. The van der Waals surface area contributed by atoms with Crippen LogP contribution in [-0.4, -0.2) is 0 Å². The summed E-state index contributed by atoms with van der Waals surface area (Å²) >= 11 is 12.3. The fraction of sp³-hybridized carbons (Fsp3) is 0.118. The van der Waals surface area contributed by atoms with E-state index in [1.807, 2.05) is 24.3 Å². The van der Waals surface area contributed by atoms with Crippen LogP contribution in [0.4, 0.5) is 0 Å². The van der Waals surface area contributed by atoms with E-state index in [1.165, 1.54) is 16.1 Å². The van der Waals surface area contributed by atoms with Gasteiger partial charge in [-0.15, -0.1) is 12.6 Å². The second kappa shape index (κ2) is 5.84. The van der Waals surface area contributed by atoms with Crippen molar-refractivity contribution >= 4 is 35.6 Å². The minimum atomic E-state index is 0.753. The lowest BCUT2D eigenvalue weighted by molar-refractivity contribution is -0.646. The Morgan fingerprint density at radius 3 is 2.14 bits per heavy atom. The van der Waals surface area contributed by atoms with Gasteiger partial charge in [-0.1, -0.05) is 40.6 Å². The van der Waals surface area contributed by atoms with E-state index in [1.54, 1.807) is 11.3 Å². The molecule has 0 N–H and O–H groups in total. The summed E-state index contributed by atoms with van der Waals surface area (Å²) < 4.78 is 3.22. The molecule has 0 radical (unpaired) electrons. The van der Waals surface area contributed by atoms with E-state index in [2.05, 4.69) is 55.4 Å². The Morgan fingerprint density at radius 1 is 0.952 bits per heavy atom. The summed E-state index contributed by atoms with van der Waals surface area (Å²) in [5.41, 5.74) is 4.74. The number of nitrogens with zero attached hydrogens (tertiary/aromatic N) is 1. The number of aryl methyl sites for hydroxylation is 1. The number of hydrogen-bond donors (Lipinski definition) is 1. The highest BCUT2D eigenvalue weighted by Gasteiger charge is 2.24. The second-order valence-corrected chi connectivity index (χ2v) is 7.18. The predicted molar refractivity (Wildman–Crippen MR) is 93.4 cm³/mol. The quantitative estimate of drug-likeness (QED) is 0.488. The Bertz CT molecular complexity index is 774. The zero-order chi connectivity index (χ0) is 15.0. The lowest BCUT2D eigenvalue weighted by Gasteiger charge is -1.99. The van der Waals surface area contributed by atoms with Crippen LogP contribution >= 0.6 is 35.6 Å². The fourth-order valence-corrected chi connectivity index (χ4v) is 4.01. The summed E-state index contributed by atoms with van der Waals surface area (Å²) in [6, 6.07) is 16.5. The number of benzene rings is 2. The Hall–Kier alpha value is -1.29. The maximum absolute atomic E-state index is 5.97. The van der Waals surface area contributed by atoms with Gasteiger partial charge in [0.2, 0.25) is 5.69 Å². The van der Waals surface area contributed by atoms with Crippen molar-refractivity contribution < 1.29 is 4.57 Å². The number of halogens is 1. The number of aromatic nitrogens is 1. The van der Waals surface area contributed by atoms with Crippen LogP contribution in [0.5, 0.6) is 0 Å². The molecule has 0 spiro atoms. The Kier molecular flexibility index (Phi) is 4.07. The zero-order valence-corrected chi connectivity index (χ0v) is 14.3. The average Bonchev–Trinajstić information content (AvgIpc) is 2.76. The van der Waals surface area contributed by atoms with E-state index in [0.29, 0.717) is 0 Å². The first-order chi connectivity index (χ1) is 10.1. The van der Waals surface area contributed by atoms with Crippen molar-refractivity contribution in [2.75, 3.05) is 0 Å². The molecule has 106 valence electrons. The molecule has 1 nitrogen and oxygen atoms in total. The van der Waals surface area contributed by atoms with Crippen molar-refractivity contribution in [1.82, 2.24) is 0 Å². The van der Waals surface area contributed by atoms with Crippen LogP contribution in [0.1, 0.15) is 5.56 Å². The topological polar surface area (TPSA) is 3.88 Å². The maximum atomic E-state index is 5.97. The number of rotatable bonds is 2. The van der Waals surface area contributed by atoms with E-state index in [0.717, 1.165) is 20.5 Å². The molecule has 1 aromatic heterocycles. The first-order valence-electron chi connectivity index (χ1n) is 6.61. The van der Waals surface area contributed by atoms with Crippen molar-refractivity contribution in [1.29, 1.82) is 0 Å². The largest absolute Gasteiger partial charge is 0.270 e. The second-order valence-electron chi connectivity index (χ2n) is 4.99. The first-order valence-corrected chi connectivity index (χ1v) is 8.25. The monoisotopic (exact) mass is 332 g/mol. The summed E-state index contributed by atoms with van der Waals surface area (Å²) in [5.74, 6) is 0. The van der Waals surface area contributed by atoms with Crippen LogP contribution in [0, 0.1) is 6.92 Å². The maximum Gasteiger partial charge on any atom is 0.270 e. The van der Waals surface area contributed by atoms with Crippen LogP contribution in [0.15, 0.2) is 52.7 Å². The molecule has 0 bridgehead atoms. The molecule has 2 aromatic carbocycles. The molecule has 0 aliphatic rings. The van der Waals surface area contributed by atoms with Crippen LogP contribution < -0.4 is 4.57 Å². The van der Waals surface area contributed by atoms with Crippen molar-refractivity contribution in [3.05, 3.63) is 59.1 Å². The van der Waals surface area contributed by atoms with Crippen molar-refractivity contribution in [3.63, 3.8) is 0 Å². The van der Waals surface area contributed by atoms with Crippen LogP contribution in [0.3, 0.4) is 0 Å². The summed E-state index contributed by atoms with van der Waals surface area (Å²) in [4.78, 5) is 0. The van der Waals surface area contributed by atoms with Gasteiger partial charge in [0.25, 0.3) is 5.01 Å². The molecule has 4 heteroatoms. The summed E-state index contributed by atoms with van der Waals surface area (Å²) in [5, 5.41) is 1.93. The van der Waals surface area contributed by atoms with E-state index in [-0.39, 0.29) is 0 Å². The summed E-state index contributed by atoms with van der Waals surface area (Å²) in [7, 11) is 2.08. The summed E-state index contributed by atoms with van der Waals surface area (Å²) in [6.07, 6.45) is 0. The van der Waals surface area contributed by atoms with E-state index in [9.17, 15) is 0 Å². The molecule has 0 saturated heterocycles. The van der Waals surface area contributed by atoms with Crippen molar-refractivity contribution in [3.8, 4) is 21.8 Å². The highest BCUT2D eigenvalue weighted by Crippen LogP contribution is 2.34. The van der Waals surface area contributed by atoms with Gasteiger partial charge in [-0.2, -0.15) is 4.57 Å². The van der Waals surface area contributed by atoms with E-state index < -0.39 is 0 Å². The van der Waals surface area contributed by atoms with E-state index in [4.69, 9.17) is 11.6 Å². The number of thiol groups is 1. The van der Waals surface area contributed by atoms with Gasteiger partial charge in [-0.3, -0.25) is 0 Å². The smallest absolute Gasteiger partial charge is 0.183 e. The molecular formula is C17H15ClNS2+. The standard InChI is InChI=1S/C17H14ClNS2/c1-11-3-5-12(6-4-11)15-17(20)21-16(19(15)2)13-7-9-14(18)10-8-13/h3-10H,1-2H3/p+1. The Labute approximate surface area is 139 Å². The van der Waals surface area contributed by atoms with Crippen LogP contribution in [-0.2, 0) is 7.05 Å². The molecule has 0 saturated carbocycles. The molecular weight excluding hydrogens is 318 g/mol. The normalized spacial score (nSPS) is 10.9. The van der Waals surface area contributed by atoms with Crippen LogP contribution in [0.25, 0.3) is 21.8 Å². The third-order valence-corrected chi connectivity index (χ3v) is 5.28. The van der Waals surface area contributed by atoms with Gasteiger partial charge in [0.15, 0.2) is 0 Å². The molecule has 3 rings (SSSR count). The number of hydrogen-bond acceptors (Lipinski definition) is 2. The highest BCUT2D eigenvalue weighted by molar-refractivity contribution is 7.83. The molecule has 0 unspecified atom stereocenters. The van der Waals surface area contributed by atoms with Gasteiger partial charge in [0.05, 0.1) is 5.56 Å². The summed E-state index contributed by atoms with van der Waals surface area (Å²) in [6.45, 7) is 2.10. The Balaban J connectivity index is 2.12. The van der Waals surface area contributed by atoms with Gasteiger partial charge in [0.1, 0.15) is 11.3 Å². The minimum absolute atomic E-state index is 0.753. The zero-order valence-electron chi connectivity index (χ0n) is 11.8. The molecule has 0 aliphatic heterocycles. The number of thiazole rings is 1. The van der Waals surface area contributed by atoms with Gasteiger partial charge in [0, 0.05) is 10.6 Å². The Morgan fingerprint density at radius 2 is 1.52 bits per heavy atom. The highest BCUT2D eigenvalue weighted by atomic mass is 35.5.